The molecule has 1 aliphatic rings. The van der Waals surface area contributed by atoms with Gasteiger partial charge in [0.15, 0.2) is 0 Å². The van der Waals surface area contributed by atoms with Gasteiger partial charge >= 0.3 is 0 Å². The van der Waals surface area contributed by atoms with Gasteiger partial charge in [-0.15, -0.1) is 12.3 Å². The fourth-order valence-corrected chi connectivity index (χ4v) is 5.21. The lowest BCUT2D eigenvalue weighted by molar-refractivity contribution is 0.102. The molecule has 0 bridgehead atoms. The number of rotatable bonds is 7. The summed E-state index contributed by atoms with van der Waals surface area (Å²) in [6.45, 7) is 0.756. The van der Waals surface area contributed by atoms with Crippen LogP contribution in [0.25, 0.3) is 22.0 Å². The molecule has 0 saturated heterocycles. The third kappa shape index (κ3) is 4.56. The maximum Gasteiger partial charge on any atom is 0.256 e. The molecule has 36 heavy (non-hydrogen) atoms. The van der Waals surface area contributed by atoms with Gasteiger partial charge in [0.05, 0.1) is 11.2 Å². The normalized spacial score (nSPS) is 14.9. The molecule has 0 aliphatic heterocycles. The summed E-state index contributed by atoms with van der Waals surface area (Å²) in [7, 11) is 0. The zero-order valence-corrected chi connectivity index (χ0v) is 20.2. The zero-order valence-electron chi connectivity index (χ0n) is 20.2. The lowest BCUT2D eigenvalue weighted by Crippen LogP contribution is -2.49. The van der Waals surface area contributed by atoms with Crippen molar-refractivity contribution in [3.8, 4) is 23.5 Å². The summed E-state index contributed by atoms with van der Waals surface area (Å²) in [5.41, 5.74) is 9.77. The van der Waals surface area contributed by atoms with Gasteiger partial charge < -0.3 is 15.6 Å². The van der Waals surface area contributed by atoms with E-state index in [9.17, 15) is 4.79 Å². The Morgan fingerprint density at radius 2 is 1.86 bits per heavy atom. The number of amides is 1. The van der Waals surface area contributed by atoms with Crippen LogP contribution in [0, 0.1) is 12.3 Å². The van der Waals surface area contributed by atoms with Gasteiger partial charge in [-0.2, -0.15) is 0 Å². The van der Waals surface area contributed by atoms with Crippen molar-refractivity contribution in [1.29, 1.82) is 0 Å². The first-order valence-electron chi connectivity index (χ1n) is 12.4. The van der Waals surface area contributed by atoms with Crippen LogP contribution in [-0.2, 0) is 5.66 Å². The molecule has 0 atom stereocenters. The Morgan fingerprint density at radius 1 is 1.06 bits per heavy atom. The average Bonchev–Trinajstić information content (AvgIpc) is 3.32. The monoisotopic (exact) mass is 478 g/mol. The molecular weight excluding hydrogens is 448 g/mol. The molecule has 4 N–H and O–H groups in total. The topological polar surface area (TPSA) is 97.9 Å². The van der Waals surface area contributed by atoms with Crippen LogP contribution in [0.3, 0.4) is 0 Å². The van der Waals surface area contributed by atoms with E-state index in [4.69, 9.17) is 12.2 Å². The molecule has 0 radical (unpaired) electrons. The van der Waals surface area contributed by atoms with E-state index in [2.05, 4.69) is 37.3 Å². The van der Waals surface area contributed by atoms with Crippen molar-refractivity contribution in [3.63, 3.8) is 0 Å². The number of fused-ring (bicyclic) bond motifs is 1. The van der Waals surface area contributed by atoms with E-state index < -0.39 is 0 Å². The van der Waals surface area contributed by atoms with Crippen molar-refractivity contribution in [1.82, 2.24) is 19.9 Å². The molecule has 1 fully saturated rings. The molecule has 1 amide bonds. The second kappa shape index (κ2) is 10.2. The number of nitrogens with two attached hydrogens (primary N) is 1. The van der Waals surface area contributed by atoms with E-state index in [0.717, 1.165) is 54.3 Å². The number of carbonyl (C=O) groups is 1. The predicted molar refractivity (Wildman–Crippen MR) is 144 cm³/mol. The van der Waals surface area contributed by atoms with Crippen LogP contribution >= 0.6 is 0 Å². The number of nitrogen functional groups attached to an aromatic ring is 1. The highest BCUT2D eigenvalue weighted by Gasteiger charge is 2.35. The second-order valence-electron chi connectivity index (χ2n) is 9.22. The Labute approximate surface area is 211 Å². The number of pyridine rings is 2. The molecule has 3 aromatic heterocycles. The molecule has 7 heteroatoms. The summed E-state index contributed by atoms with van der Waals surface area (Å²) in [5, 5.41) is 7.53. The molecule has 1 aliphatic carbocycles. The molecular formula is C29H30N6O. The number of nitrogens with one attached hydrogen (secondary N) is 2. The Bertz CT molecular complexity index is 1400. The maximum atomic E-state index is 12.7. The number of carbonyl (C=O) groups excluding carboxylic acids is 1. The number of aromatic nitrogens is 3. The molecule has 0 spiro atoms. The van der Waals surface area contributed by atoms with Crippen molar-refractivity contribution >= 4 is 28.4 Å². The van der Waals surface area contributed by atoms with Crippen LogP contribution in [0.15, 0.2) is 67.1 Å². The number of hydrogen-bond acceptors (Lipinski definition) is 5. The summed E-state index contributed by atoms with van der Waals surface area (Å²) in [6, 6.07) is 15.0. The lowest BCUT2D eigenvalue weighted by atomic mass is 9.88. The number of hydrogen-bond donors (Lipinski definition) is 3. The van der Waals surface area contributed by atoms with Crippen molar-refractivity contribution in [3.05, 3.63) is 72.7 Å². The third-order valence-electron chi connectivity index (χ3n) is 6.98. The molecule has 182 valence electrons. The van der Waals surface area contributed by atoms with Crippen molar-refractivity contribution in [2.45, 2.75) is 44.2 Å². The average molecular weight is 479 g/mol. The summed E-state index contributed by atoms with van der Waals surface area (Å²) >= 11 is 0. The smallest absolute Gasteiger partial charge is 0.256 e. The van der Waals surface area contributed by atoms with Crippen LogP contribution in [0.2, 0.25) is 0 Å². The first kappa shape index (κ1) is 23.6. The molecule has 7 nitrogen and oxygen atoms in total. The van der Waals surface area contributed by atoms with Crippen LogP contribution in [0.1, 0.15) is 48.9 Å². The minimum Gasteiger partial charge on any atom is -0.383 e. The molecule has 1 saturated carbocycles. The Kier molecular flexibility index (Phi) is 6.70. The van der Waals surface area contributed by atoms with Crippen LogP contribution in [0.5, 0.6) is 0 Å². The second-order valence-corrected chi connectivity index (χ2v) is 9.22. The van der Waals surface area contributed by atoms with Crippen molar-refractivity contribution in [2.75, 3.05) is 17.6 Å². The standard InChI is InChI=1S/C29H30N6O/c1-2-3-18-33-29(15-6-4-7-16-29)35-20-23(26-24(35)14-19-32-27(26)30)21-10-12-22(13-11-21)28(36)34-25-9-5-8-17-31-25/h1,5,8-14,17,19-20,33H,3-4,6-7,15-16,18H2,(H2,30,32)(H,31,34,36). The van der Waals surface area contributed by atoms with Gasteiger partial charge in [0.25, 0.3) is 5.91 Å². The fourth-order valence-electron chi connectivity index (χ4n) is 5.21. The highest BCUT2D eigenvalue weighted by molar-refractivity contribution is 6.05. The van der Waals surface area contributed by atoms with Gasteiger partial charge in [-0.1, -0.05) is 24.6 Å². The van der Waals surface area contributed by atoms with Gasteiger partial charge in [0.2, 0.25) is 0 Å². The van der Waals surface area contributed by atoms with Gasteiger partial charge in [-0.25, -0.2) is 9.97 Å². The SMILES string of the molecule is C#CCCNC1(n2cc(-c3ccc(C(=O)Nc4ccccn4)cc3)c3c(N)nccc32)CCCCC1. The summed E-state index contributed by atoms with van der Waals surface area (Å²) in [6.07, 6.45) is 17.4. The van der Waals surface area contributed by atoms with Gasteiger partial charge in [0.1, 0.15) is 11.6 Å². The van der Waals surface area contributed by atoms with E-state index in [1.54, 1.807) is 18.5 Å². The Hall–Kier alpha value is -4.15. The van der Waals surface area contributed by atoms with E-state index in [1.807, 2.05) is 42.5 Å². The van der Waals surface area contributed by atoms with E-state index in [0.29, 0.717) is 23.6 Å². The van der Waals surface area contributed by atoms with Crippen molar-refractivity contribution < 1.29 is 4.79 Å². The predicted octanol–water partition coefficient (Wildman–Crippen LogP) is 5.16. The highest BCUT2D eigenvalue weighted by atomic mass is 16.1. The van der Waals surface area contributed by atoms with Gasteiger partial charge in [0, 0.05) is 48.1 Å². The number of benzene rings is 1. The number of nitrogens with zero attached hydrogens (tertiary/aromatic N) is 3. The van der Waals surface area contributed by atoms with Crippen molar-refractivity contribution in [2.24, 2.45) is 0 Å². The van der Waals surface area contributed by atoms with Gasteiger partial charge in [-0.3, -0.25) is 10.1 Å². The quantitative estimate of drug-likeness (QED) is 0.252. The van der Waals surface area contributed by atoms with E-state index in [1.165, 1.54) is 6.42 Å². The number of anilines is 2. The summed E-state index contributed by atoms with van der Waals surface area (Å²) in [5.74, 6) is 3.55. The van der Waals surface area contributed by atoms with Crippen LogP contribution in [-0.4, -0.2) is 27.0 Å². The molecule has 0 unspecified atom stereocenters. The first-order valence-corrected chi connectivity index (χ1v) is 12.4. The molecule has 4 aromatic rings. The van der Waals surface area contributed by atoms with Crippen LogP contribution in [0.4, 0.5) is 11.6 Å². The third-order valence-corrected chi connectivity index (χ3v) is 6.98. The van der Waals surface area contributed by atoms with Gasteiger partial charge in [-0.05, 0) is 61.6 Å². The van der Waals surface area contributed by atoms with Crippen LogP contribution < -0.4 is 16.4 Å². The van der Waals surface area contributed by atoms with E-state index in [-0.39, 0.29) is 11.6 Å². The zero-order chi connectivity index (χ0) is 25.0. The molecule has 1 aromatic carbocycles. The summed E-state index contributed by atoms with van der Waals surface area (Å²) in [4.78, 5) is 21.2. The maximum absolute atomic E-state index is 12.7. The molecule has 3 heterocycles. The first-order chi connectivity index (χ1) is 17.6. The Balaban J connectivity index is 1.52. The molecule has 5 rings (SSSR count). The summed E-state index contributed by atoms with van der Waals surface area (Å²) < 4.78 is 2.34. The minimum atomic E-state index is -0.220. The lowest BCUT2D eigenvalue weighted by Gasteiger charge is -2.40. The van der Waals surface area contributed by atoms with E-state index >= 15 is 0 Å². The highest BCUT2D eigenvalue weighted by Crippen LogP contribution is 2.41. The minimum absolute atomic E-state index is 0.206. The largest absolute Gasteiger partial charge is 0.383 e. The number of terminal acetylenes is 1. The Morgan fingerprint density at radius 3 is 2.58 bits per heavy atom. The fraction of sp³-hybridized carbons (Fsp3) is 0.276.